The van der Waals surface area contributed by atoms with Crippen molar-refractivity contribution in [2.45, 2.75) is 13.3 Å². The van der Waals surface area contributed by atoms with Gasteiger partial charge in [-0.25, -0.2) is 4.98 Å². The van der Waals surface area contributed by atoms with E-state index in [9.17, 15) is 4.79 Å². The molecule has 4 nitrogen and oxygen atoms in total. The first-order valence-corrected chi connectivity index (χ1v) is 10.2. The van der Waals surface area contributed by atoms with E-state index in [1.54, 1.807) is 0 Å². The van der Waals surface area contributed by atoms with Gasteiger partial charge in [0.2, 0.25) is 0 Å². The van der Waals surface area contributed by atoms with Crippen molar-refractivity contribution >= 4 is 45.9 Å². The van der Waals surface area contributed by atoms with Gasteiger partial charge in [0.05, 0.1) is 27.9 Å². The summed E-state index contributed by atoms with van der Waals surface area (Å²) in [5, 5.41) is 0.883. The van der Waals surface area contributed by atoms with Crippen LogP contribution in [-0.4, -0.2) is 31.7 Å². The Bertz CT molecular complexity index is 901. The molecule has 0 bridgehead atoms. The fraction of sp³-hybridized carbons (Fsp3) is 0.263. The van der Waals surface area contributed by atoms with Crippen molar-refractivity contribution in [2.24, 2.45) is 0 Å². The molecule has 2 aromatic heterocycles. The summed E-state index contributed by atoms with van der Waals surface area (Å²) in [5.41, 5.74) is 2.97. The third kappa shape index (κ3) is 4.26. The van der Waals surface area contributed by atoms with Crippen LogP contribution in [0, 0.1) is 0 Å². The lowest BCUT2D eigenvalue weighted by atomic mass is 10.2. The molecule has 26 heavy (non-hydrogen) atoms. The van der Waals surface area contributed by atoms with Crippen LogP contribution in [0.4, 0.5) is 5.69 Å². The number of thiophene rings is 1. The number of carbonyl (C=O) groups excluding carboxylic acids is 1. The SMILES string of the molecule is CCOC(=O)Cc1sc(-c2ccc(N(C)C)cc2)nc1-c1ccc(Cl)s1. The van der Waals surface area contributed by atoms with E-state index in [0.29, 0.717) is 10.9 Å². The lowest BCUT2D eigenvalue weighted by Gasteiger charge is -2.11. The van der Waals surface area contributed by atoms with E-state index in [2.05, 4.69) is 17.0 Å². The molecule has 0 fully saturated rings. The largest absolute Gasteiger partial charge is 0.466 e. The fourth-order valence-electron chi connectivity index (χ4n) is 2.47. The summed E-state index contributed by atoms with van der Waals surface area (Å²) in [6.45, 7) is 2.18. The van der Waals surface area contributed by atoms with Crippen molar-refractivity contribution in [3.8, 4) is 21.1 Å². The van der Waals surface area contributed by atoms with E-state index in [0.717, 1.165) is 31.7 Å². The lowest BCUT2D eigenvalue weighted by molar-refractivity contribution is -0.142. The maximum atomic E-state index is 12.0. The molecule has 0 N–H and O–H groups in total. The molecule has 3 rings (SSSR count). The molecule has 0 saturated carbocycles. The Morgan fingerprint density at radius 1 is 1.15 bits per heavy atom. The third-order valence-corrected chi connectivity index (χ3v) is 6.09. The van der Waals surface area contributed by atoms with Gasteiger partial charge in [-0.15, -0.1) is 22.7 Å². The minimum absolute atomic E-state index is 0.214. The van der Waals surface area contributed by atoms with Crippen molar-refractivity contribution in [3.63, 3.8) is 0 Å². The number of rotatable bonds is 6. The first-order valence-electron chi connectivity index (χ1n) is 8.16. The first-order chi connectivity index (χ1) is 12.5. The normalized spacial score (nSPS) is 10.8. The van der Waals surface area contributed by atoms with Crippen LogP contribution in [0.25, 0.3) is 21.1 Å². The molecule has 0 unspecified atom stereocenters. The van der Waals surface area contributed by atoms with E-state index in [1.807, 2.05) is 45.3 Å². The second-order valence-corrected chi connectivity index (χ2v) is 8.62. The Labute approximate surface area is 166 Å². The third-order valence-electron chi connectivity index (χ3n) is 3.74. The van der Waals surface area contributed by atoms with E-state index in [-0.39, 0.29) is 12.4 Å². The Kier molecular flexibility index (Phi) is 5.96. The second-order valence-electron chi connectivity index (χ2n) is 5.82. The minimum Gasteiger partial charge on any atom is -0.466 e. The van der Waals surface area contributed by atoms with Gasteiger partial charge >= 0.3 is 5.97 Å². The lowest BCUT2D eigenvalue weighted by Crippen LogP contribution is -2.07. The number of aromatic nitrogens is 1. The fourth-order valence-corrected chi connectivity index (χ4v) is 4.67. The van der Waals surface area contributed by atoms with E-state index < -0.39 is 0 Å². The summed E-state index contributed by atoms with van der Waals surface area (Å²) >= 11 is 9.07. The average molecular weight is 407 g/mol. The number of carbonyl (C=O) groups is 1. The summed E-state index contributed by atoms with van der Waals surface area (Å²) in [5.74, 6) is -0.241. The standard InChI is InChI=1S/C19H19ClN2O2S2/c1-4-24-17(23)11-15-18(14-9-10-16(20)25-14)21-19(26-15)12-5-7-13(8-6-12)22(2)3/h5-10H,4,11H2,1-3H3. The predicted molar refractivity (Wildman–Crippen MR) is 111 cm³/mol. The van der Waals surface area contributed by atoms with Crippen molar-refractivity contribution in [3.05, 3.63) is 45.6 Å². The first kappa shape index (κ1) is 18.9. The van der Waals surface area contributed by atoms with Crippen molar-refractivity contribution in [1.82, 2.24) is 4.98 Å². The summed E-state index contributed by atoms with van der Waals surface area (Å²) in [6.07, 6.45) is 0.214. The molecule has 3 aromatic rings. The number of anilines is 1. The molecule has 0 saturated heterocycles. The summed E-state index contributed by atoms with van der Waals surface area (Å²) in [6, 6.07) is 12.0. The number of halogens is 1. The number of benzene rings is 1. The minimum atomic E-state index is -0.241. The van der Waals surface area contributed by atoms with Gasteiger partial charge in [-0.1, -0.05) is 11.6 Å². The molecule has 0 aliphatic carbocycles. The number of hydrogen-bond donors (Lipinski definition) is 0. The zero-order valence-corrected chi connectivity index (χ0v) is 17.2. The van der Waals surface area contributed by atoms with E-state index in [4.69, 9.17) is 21.3 Å². The van der Waals surface area contributed by atoms with Crippen LogP contribution in [-0.2, 0) is 16.0 Å². The summed E-state index contributed by atoms with van der Waals surface area (Å²) in [7, 11) is 4.02. The van der Waals surface area contributed by atoms with Crippen LogP contribution >= 0.6 is 34.3 Å². The molecule has 0 aliphatic heterocycles. The van der Waals surface area contributed by atoms with Gasteiger partial charge in [-0.05, 0) is 43.3 Å². The Hall–Kier alpha value is -1.89. The van der Waals surface area contributed by atoms with Gasteiger partial charge in [-0.3, -0.25) is 4.79 Å². The topological polar surface area (TPSA) is 42.4 Å². The van der Waals surface area contributed by atoms with Crippen LogP contribution < -0.4 is 4.90 Å². The molecule has 0 spiro atoms. The number of esters is 1. The number of hydrogen-bond acceptors (Lipinski definition) is 6. The van der Waals surface area contributed by atoms with Gasteiger partial charge < -0.3 is 9.64 Å². The highest BCUT2D eigenvalue weighted by Crippen LogP contribution is 2.38. The predicted octanol–water partition coefficient (Wildman–Crippen LogP) is 5.36. The van der Waals surface area contributed by atoms with E-state index >= 15 is 0 Å². The van der Waals surface area contributed by atoms with Crippen LogP contribution in [0.2, 0.25) is 4.34 Å². The highest BCUT2D eigenvalue weighted by molar-refractivity contribution is 7.20. The molecule has 0 atom stereocenters. The Morgan fingerprint density at radius 3 is 2.46 bits per heavy atom. The number of nitrogens with zero attached hydrogens (tertiary/aromatic N) is 2. The summed E-state index contributed by atoms with van der Waals surface area (Å²) < 4.78 is 5.81. The second kappa shape index (κ2) is 8.20. The highest BCUT2D eigenvalue weighted by Gasteiger charge is 2.19. The summed E-state index contributed by atoms with van der Waals surface area (Å²) in [4.78, 5) is 20.7. The van der Waals surface area contributed by atoms with Gasteiger partial charge in [0.25, 0.3) is 0 Å². The van der Waals surface area contributed by atoms with E-state index in [1.165, 1.54) is 22.7 Å². The van der Waals surface area contributed by atoms with Gasteiger partial charge in [0.1, 0.15) is 5.01 Å². The number of thiazole rings is 1. The quantitative estimate of drug-likeness (QED) is 0.516. The van der Waals surface area contributed by atoms with Crippen LogP contribution in [0.15, 0.2) is 36.4 Å². The van der Waals surface area contributed by atoms with Crippen molar-refractivity contribution < 1.29 is 9.53 Å². The molecule has 2 heterocycles. The Balaban J connectivity index is 1.98. The molecule has 7 heteroatoms. The molecule has 0 radical (unpaired) electrons. The molecule has 136 valence electrons. The van der Waals surface area contributed by atoms with Gasteiger partial charge in [0, 0.05) is 30.2 Å². The van der Waals surface area contributed by atoms with Crippen LogP contribution in [0.3, 0.4) is 0 Å². The van der Waals surface area contributed by atoms with Gasteiger partial charge in [0.15, 0.2) is 0 Å². The Morgan fingerprint density at radius 2 is 1.88 bits per heavy atom. The highest BCUT2D eigenvalue weighted by atomic mass is 35.5. The molecule has 1 aromatic carbocycles. The average Bonchev–Trinajstić information content (AvgIpc) is 3.21. The van der Waals surface area contributed by atoms with Crippen LogP contribution in [0.1, 0.15) is 11.8 Å². The maximum absolute atomic E-state index is 12.0. The zero-order chi connectivity index (χ0) is 18.7. The number of ether oxygens (including phenoxy) is 1. The smallest absolute Gasteiger partial charge is 0.311 e. The molecule has 0 aliphatic rings. The van der Waals surface area contributed by atoms with Gasteiger partial charge in [-0.2, -0.15) is 0 Å². The van der Waals surface area contributed by atoms with Crippen LogP contribution in [0.5, 0.6) is 0 Å². The maximum Gasteiger partial charge on any atom is 0.311 e. The molecular weight excluding hydrogens is 388 g/mol. The molecular formula is C19H19ClN2O2S2. The molecule has 0 amide bonds. The zero-order valence-electron chi connectivity index (χ0n) is 14.8. The van der Waals surface area contributed by atoms with Crippen molar-refractivity contribution in [1.29, 1.82) is 0 Å². The van der Waals surface area contributed by atoms with Crippen molar-refractivity contribution in [2.75, 3.05) is 25.6 Å². The monoisotopic (exact) mass is 406 g/mol.